The fourth-order valence-corrected chi connectivity index (χ4v) is 1.74. The largest absolute Gasteiger partial charge is 0.264 e. The Morgan fingerprint density at radius 3 is 2.59 bits per heavy atom. The molecule has 0 radical (unpaired) electrons. The molecule has 17 heavy (non-hydrogen) atoms. The number of rotatable bonds is 1. The second-order valence-electron chi connectivity index (χ2n) is 3.95. The van der Waals surface area contributed by atoms with E-state index in [0.29, 0.717) is 16.7 Å². The zero-order chi connectivity index (χ0) is 12.4. The lowest BCUT2D eigenvalue weighted by Gasteiger charge is -2.08. The Bertz CT molecular complexity index is 612. The van der Waals surface area contributed by atoms with Crippen molar-refractivity contribution >= 4 is 0 Å². The first-order valence-corrected chi connectivity index (χ1v) is 5.24. The van der Waals surface area contributed by atoms with Gasteiger partial charge in [-0.2, -0.15) is 5.26 Å². The quantitative estimate of drug-likeness (QED) is 0.747. The van der Waals surface area contributed by atoms with Crippen molar-refractivity contribution in [1.29, 1.82) is 5.26 Å². The molecule has 2 nitrogen and oxygen atoms in total. The van der Waals surface area contributed by atoms with Crippen LogP contribution in [0.5, 0.6) is 0 Å². The molecule has 0 amide bonds. The van der Waals surface area contributed by atoms with E-state index in [2.05, 4.69) is 11.1 Å². The molecule has 2 rings (SSSR count). The lowest BCUT2D eigenvalue weighted by molar-refractivity contribution is 0.619. The minimum Gasteiger partial charge on any atom is -0.264 e. The molecule has 84 valence electrons. The zero-order valence-corrected chi connectivity index (χ0v) is 9.66. The highest BCUT2D eigenvalue weighted by Gasteiger charge is 2.11. The molecule has 1 aromatic heterocycles. The van der Waals surface area contributed by atoms with Crippen LogP contribution in [0.2, 0.25) is 0 Å². The molecule has 0 atom stereocenters. The van der Waals surface area contributed by atoms with Crippen LogP contribution < -0.4 is 0 Å². The molecule has 0 aliphatic carbocycles. The Balaban J connectivity index is 2.72. The van der Waals surface area contributed by atoms with Crippen LogP contribution in [0.1, 0.15) is 16.7 Å². The number of nitriles is 1. The highest BCUT2D eigenvalue weighted by Crippen LogP contribution is 2.27. The van der Waals surface area contributed by atoms with Crippen LogP contribution in [0, 0.1) is 31.0 Å². The number of pyridine rings is 1. The number of halogens is 1. The van der Waals surface area contributed by atoms with Crippen molar-refractivity contribution in [2.24, 2.45) is 0 Å². The van der Waals surface area contributed by atoms with Crippen LogP contribution in [-0.2, 0) is 0 Å². The van der Waals surface area contributed by atoms with Crippen LogP contribution in [0.3, 0.4) is 0 Å². The molecule has 0 N–H and O–H groups in total. The Kier molecular flexibility index (Phi) is 2.88. The van der Waals surface area contributed by atoms with Crippen molar-refractivity contribution in [3.8, 4) is 17.2 Å². The summed E-state index contributed by atoms with van der Waals surface area (Å²) in [6.07, 6.45) is 3.33. The van der Waals surface area contributed by atoms with Gasteiger partial charge in [0.1, 0.15) is 5.82 Å². The van der Waals surface area contributed by atoms with E-state index in [0.717, 1.165) is 11.1 Å². The first-order valence-electron chi connectivity index (χ1n) is 5.24. The van der Waals surface area contributed by atoms with Gasteiger partial charge in [0.15, 0.2) is 0 Å². The van der Waals surface area contributed by atoms with Crippen molar-refractivity contribution in [3.63, 3.8) is 0 Å². The van der Waals surface area contributed by atoms with E-state index < -0.39 is 0 Å². The van der Waals surface area contributed by atoms with Gasteiger partial charge in [-0.1, -0.05) is 0 Å². The number of aromatic nitrogens is 1. The minimum absolute atomic E-state index is 0.303. The minimum atomic E-state index is -0.303. The predicted molar refractivity (Wildman–Crippen MR) is 63.8 cm³/mol. The second kappa shape index (κ2) is 4.34. The summed E-state index contributed by atoms with van der Waals surface area (Å²) in [7, 11) is 0. The van der Waals surface area contributed by atoms with Gasteiger partial charge in [0, 0.05) is 23.5 Å². The number of hydrogen-bond acceptors (Lipinski definition) is 2. The molecule has 0 saturated heterocycles. The molecule has 0 unspecified atom stereocenters. The van der Waals surface area contributed by atoms with Crippen LogP contribution in [0.15, 0.2) is 30.6 Å². The zero-order valence-electron chi connectivity index (χ0n) is 9.66. The van der Waals surface area contributed by atoms with Crippen LogP contribution >= 0.6 is 0 Å². The fourth-order valence-electron chi connectivity index (χ4n) is 1.74. The summed E-state index contributed by atoms with van der Waals surface area (Å²) in [6.45, 7) is 3.56. The predicted octanol–water partition coefficient (Wildman–Crippen LogP) is 3.38. The maximum atomic E-state index is 13.6. The molecule has 1 heterocycles. The third-order valence-electron chi connectivity index (χ3n) is 2.75. The van der Waals surface area contributed by atoms with E-state index in [1.807, 2.05) is 13.0 Å². The van der Waals surface area contributed by atoms with Gasteiger partial charge in [-0.15, -0.1) is 0 Å². The van der Waals surface area contributed by atoms with Gasteiger partial charge in [0.25, 0.3) is 0 Å². The fraction of sp³-hybridized carbons (Fsp3) is 0.143. The van der Waals surface area contributed by atoms with Crippen LogP contribution in [-0.4, -0.2) is 4.98 Å². The molecule has 0 saturated carbocycles. The van der Waals surface area contributed by atoms with Gasteiger partial charge in [0.2, 0.25) is 0 Å². The highest BCUT2D eigenvalue weighted by molar-refractivity contribution is 5.72. The average molecular weight is 226 g/mol. The highest BCUT2D eigenvalue weighted by atomic mass is 19.1. The van der Waals surface area contributed by atoms with E-state index >= 15 is 0 Å². The Labute approximate surface area is 99.4 Å². The summed E-state index contributed by atoms with van der Waals surface area (Å²) < 4.78 is 13.6. The smallest absolute Gasteiger partial charge is 0.126 e. The molecular weight excluding hydrogens is 215 g/mol. The summed E-state index contributed by atoms with van der Waals surface area (Å²) in [5.41, 5.74) is 3.32. The summed E-state index contributed by atoms with van der Waals surface area (Å²) in [4.78, 5) is 4.02. The van der Waals surface area contributed by atoms with Gasteiger partial charge in [-0.3, -0.25) is 4.98 Å². The number of hydrogen-bond donors (Lipinski definition) is 0. The first kappa shape index (κ1) is 11.3. The normalized spacial score (nSPS) is 10.0. The monoisotopic (exact) mass is 226 g/mol. The number of nitrogens with zero attached hydrogens (tertiary/aromatic N) is 2. The lowest BCUT2D eigenvalue weighted by Crippen LogP contribution is -1.93. The maximum Gasteiger partial charge on any atom is 0.126 e. The topological polar surface area (TPSA) is 36.7 Å². The van der Waals surface area contributed by atoms with E-state index in [4.69, 9.17) is 5.26 Å². The molecule has 1 aromatic carbocycles. The standard InChI is InChI=1S/C14H11FN2/c1-9-3-4-17-8-13(9)12-6-14(15)10(2)5-11(12)7-16/h3-6,8H,1-2H3. The van der Waals surface area contributed by atoms with Crippen molar-refractivity contribution < 1.29 is 4.39 Å². The van der Waals surface area contributed by atoms with Gasteiger partial charge >= 0.3 is 0 Å². The number of aryl methyl sites for hydroxylation is 2. The molecule has 2 aromatic rings. The molecule has 0 aliphatic rings. The molecular formula is C14H11FN2. The van der Waals surface area contributed by atoms with E-state index in [1.54, 1.807) is 25.4 Å². The van der Waals surface area contributed by atoms with Gasteiger partial charge in [0.05, 0.1) is 11.6 Å². The van der Waals surface area contributed by atoms with Gasteiger partial charge < -0.3 is 0 Å². The third kappa shape index (κ3) is 2.02. The maximum absolute atomic E-state index is 13.6. The third-order valence-corrected chi connectivity index (χ3v) is 2.75. The Hall–Kier alpha value is -2.21. The summed E-state index contributed by atoms with van der Waals surface area (Å²) in [5.74, 6) is -0.303. The van der Waals surface area contributed by atoms with Crippen molar-refractivity contribution in [2.45, 2.75) is 13.8 Å². The molecule has 0 fully saturated rings. The molecule has 0 bridgehead atoms. The van der Waals surface area contributed by atoms with E-state index in [1.165, 1.54) is 6.07 Å². The van der Waals surface area contributed by atoms with Crippen molar-refractivity contribution in [1.82, 2.24) is 4.98 Å². The summed E-state index contributed by atoms with van der Waals surface area (Å²) in [5, 5.41) is 9.09. The second-order valence-corrected chi connectivity index (χ2v) is 3.95. The van der Waals surface area contributed by atoms with Crippen molar-refractivity contribution in [2.75, 3.05) is 0 Å². The van der Waals surface area contributed by atoms with Crippen LogP contribution in [0.25, 0.3) is 11.1 Å². The number of benzene rings is 1. The van der Waals surface area contributed by atoms with Crippen molar-refractivity contribution in [3.05, 3.63) is 53.1 Å². The van der Waals surface area contributed by atoms with Gasteiger partial charge in [-0.25, -0.2) is 4.39 Å². The van der Waals surface area contributed by atoms with Gasteiger partial charge in [-0.05, 0) is 43.2 Å². The lowest BCUT2D eigenvalue weighted by atomic mass is 9.96. The Morgan fingerprint density at radius 2 is 1.94 bits per heavy atom. The SMILES string of the molecule is Cc1cc(C#N)c(-c2cnccc2C)cc1F. The first-order chi connectivity index (χ1) is 8.13. The van der Waals surface area contributed by atoms with E-state index in [-0.39, 0.29) is 5.82 Å². The summed E-state index contributed by atoms with van der Waals surface area (Å²) >= 11 is 0. The molecule has 3 heteroatoms. The Morgan fingerprint density at radius 1 is 1.18 bits per heavy atom. The van der Waals surface area contributed by atoms with E-state index in [9.17, 15) is 4.39 Å². The molecule has 0 spiro atoms. The van der Waals surface area contributed by atoms with Crippen LogP contribution in [0.4, 0.5) is 4.39 Å². The summed E-state index contributed by atoms with van der Waals surface area (Å²) in [6, 6.07) is 6.90. The molecule has 0 aliphatic heterocycles. The average Bonchev–Trinajstić information content (AvgIpc) is 2.33.